The Bertz CT molecular complexity index is 519. The average Bonchev–Trinajstić information content (AvgIpc) is 2.60. The van der Waals surface area contributed by atoms with Gasteiger partial charge in [0.1, 0.15) is 5.75 Å². The van der Waals surface area contributed by atoms with Crippen LogP contribution >= 0.6 is 0 Å². The van der Waals surface area contributed by atoms with Gasteiger partial charge in [0.05, 0.1) is 26.1 Å². The highest BCUT2D eigenvalue weighted by Gasteiger charge is 2.21. The van der Waals surface area contributed by atoms with Gasteiger partial charge in [0.15, 0.2) is 0 Å². The molecule has 1 rings (SSSR count). The van der Waals surface area contributed by atoms with Crippen molar-refractivity contribution < 1.29 is 19.1 Å². The minimum absolute atomic E-state index is 0.00885. The number of hydrogen-bond acceptors (Lipinski definition) is 5. The fraction of sp³-hybridized carbons (Fsp3) is 0.579. The van der Waals surface area contributed by atoms with Gasteiger partial charge < -0.3 is 19.3 Å². The van der Waals surface area contributed by atoms with Crippen LogP contribution in [0.25, 0.3) is 0 Å². The van der Waals surface area contributed by atoms with Crippen molar-refractivity contribution in [2.24, 2.45) is 5.92 Å². The Morgan fingerprint density at radius 3 is 2.40 bits per heavy atom. The van der Waals surface area contributed by atoms with Crippen molar-refractivity contribution in [3.63, 3.8) is 0 Å². The molecule has 0 aliphatic heterocycles. The second kappa shape index (κ2) is 11.5. The van der Waals surface area contributed by atoms with Crippen molar-refractivity contribution in [2.75, 3.05) is 47.4 Å². The van der Waals surface area contributed by atoms with E-state index in [4.69, 9.17) is 9.47 Å². The highest BCUT2D eigenvalue weighted by atomic mass is 16.5. The molecule has 25 heavy (non-hydrogen) atoms. The Hall–Kier alpha value is -2.08. The quantitative estimate of drug-likeness (QED) is 0.572. The first kappa shape index (κ1) is 21.0. The number of carbonyl (C=O) groups excluding carboxylic acids is 2. The van der Waals surface area contributed by atoms with Crippen LogP contribution in [0, 0.1) is 5.92 Å². The lowest BCUT2D eigenvalue weighted by atomic mass is 10.1. The second-order valence-electron chi connectivity index (χ2n) is 6.33. The molecule has 0 aromatic heterocycles. The van der Waals surface area contributed by atoms with Crippen LogP contribution in [0.4, 0.5) is 0 Å². The smallest absolute Gasteiger partial charge is 0.310 e. The predicted molar refractivity (Wildman–Crippen MR) is 97.5 cm³/mol. The monoisotopic (exact) mass is 350 g/mol. The molecule has 0 spiro atoms. The van der Waals surface area contributed by atoms with Crippen LogP contribution in [0.15, 0.2) is 30.3 Å². The van der Waals surface area contributed by atoms with E-state index in [0.717, 1.165) is 18.7 Å². The molecule has 6 heteroatoms. The predicted octanol–water partition coefficient (Wildman–Crippen LogP) is 2.04. The van der Waals surface area contributed by atoms with Crippen molar-refractivity contribution in [2.45, 2.75) is 19.8 Å². The van der Waals surface area contributed by atoms with Crippen LogP contribution in [-0.4, -0.2) is 69.1 Å². The minimum Gasteiger partial charge on any atom is -0.493 e. The van der Waals surface area contributed by atoms with E-state index in [1.807, 2.05) is 44.4 Å². The summed E-state index contributed by atoms with van der Waals surface area (Å²) in [4.78, 5) is 28.0. The first-order valence-electron chi connectivity index (χ1n) is 8.62. The largest absolute Gasteiger partial charge is 0.493 e. The summed E-state index contributed by atoms with van der Waals surface area (Å²) >= 11 is 0. The lowest BCUT2D eigenvalue weighted by Crippen LogP contribution is -2.39. The lowest BCUT2D eigenvalue weighted by Gasteiger charge is -2.26. The van der Waals surface area contributed by atoms with Gasteiger partial charge in [0, 0.05) is 13.1 Å². The summed E-state index contributed by atoms with van der Waals surface area (Å²) in [6, 6.07) is 9.42. The molecular formula is C19H30N2O4. The number of rotatable bonds is 11. The number of methoxy groups -OCH3 is 1. The van der Waals surface area contributed by atoms with E-state index in [-0.39, 0.29) is 24.2 Å². The first-order valence-corrected chi connectivity index (χ1v) is 8.62. The fourth-order valence-corrected chi connectivity index (χ4v) is 2.43. The normalized spacial score (nSPS) is 11.9. The molecule has 1 aromatic rings. The number of benzene rings is 1. The van der Waals surface area contributed by atoms with Gasteiger partial charge in [-0.1, -0.05) is 25.1 Å². The first-order chi connectivity index (χ1) is 11.9. The highest BCUT2D eigenvalue weighted by Crippen LogP contribution is 2.10. The van der Waals surface area contributed by atoms with Gasteiger partial charge in [0.25, 0.3) is 0 Å². The minimum atomic E-state index is -0.344. The number of para-hydroxylation sites is 1. The Kier molecular flexibility index (Phi) is 9.62. The van der Waals surface area contributed by atoms with Crippen molar-refractivity contribution >= 4 is 11.9 Å². The summed E-state index contributed by atoms with van der Waals surface area (Å²) in [6.45, 7) is 3.96. The summed E-state index contributed by atoms with van der Waals surface area (Å²) in [5.41, 5.74) is 0. The zero-order valence-electron chi connectivity index (χ0n) is 15.7. The second-order valence-corrected chi connectivity index (χ2v) is 6.33. The average molecular weight is 350 g/mol. The van der Waals surface area contributed by atoms with Crippen LogP contribution < -0.4 is 4.74 Å². The van der Waals surface area contributed by atoms with Gasteiger partial charge in [0.2, 0.25) is 5.91 Å². The van der Waals surface area contributed by atoms with Crippen LogP contribution in [0.2, 0.25) is 0 Å². The molecule has 0 fully saturated rings. The molecule has 140 valence electrons. The van der Waals surface area contributed by atoms with Crippen molar-refractivity contribution in [1.29, 1.82) is 0 Å². The van der Waals surface area contributed by atoms with Gasteiger partial charge in [-0.05, 0) is 39.2 Å². The molecule has 0 saturated carbocycles. The fourth-order valence-electron chi connectivity index (χ4n) is 2.43. The summed E-state index contributed by atoms with van der Waals surface area (Å²) < 4.78 is 10.4. The van der Waals surface area contributed by atoms with E-state index in [0.29, 0.717) is 19.7 Å². The number of carbonyl (C=O) groups is 2. The molecule has 1 aromatic carbocycles. The number of amides is 1. The number of ether oxygens (including phenoxy) is 2. The molecule has 1 amide bonds. The Balaban J connectivity index is 2.53. The van der Waals surface area contributed by atoms with E-state index in [9.17, 15) is 9.59 Å². The molecule has 0 saturated heterocycles. The molecule has 0 N–H and O–H groups in total. The SMILES string of the molecule is COC(=O)C(C)CN(CCCN(C)C)C(=O)CCOc1ccccc1. The maximum Gasteiger partial charge on any atom is 0.310 e. The third kappa shape index (κ3) is 8.54. The third-order valence-corrected chi connectivity index (χ3v) is 3.81. The van der Waals surface area contributed by atoms with Crippen LogP contribution in [0.5, 0.6) is 5.75 Å². The maximum atomic E-state index is 12.5. The van der Waals surface area contributed by atoms with Crippen molar-refractivity contribution in [3.8, 4) is 5.75 Å². The summed E-state index contributed by atoms with van der Waals surface area (Å²) in [5, 5.41) is 0. The topological polar surface area (TPSA) is 59.1 Å². The van der Waals surface area contributed by atoms with E-state index in [2.05, 4.69) is 4.90 Å². The van der Waals surface area contributed by atoms with E-state index in [1.54, 1.807) is 11.8 Å². The molecule has 0 aliphatic rings. The van der Waals surface area contributed by atoms with Crippen molar-refractivity contribution in [3.05, 3.63) is 30.3 Å². The molecule has 0 aliphatic carbocycles. The van der Waals surface area contributed by atoms with Crippen LogP contribution in [-0.2, 0) is 14.3 Å². The van der Waals surface area contributed by atoms with E-state index in [1.165, 1.54) is 7.11 Å². The van der Waals surface area contributed by atoms with Crippen molar-refractivity contribution in [1.82, 2.24) is 9.80 Å². The summed E-state index contributed by atoms with van der Waals surface area (Å²) in [7, 11) is 5.36. The zero-order valence-corrected chi connectivity index (χ0v) is 15.7. The Morgan fingerprint density at radius 2 is 1.80 bits per heavy atom. The molecule has 1 unspecified atom stereocenters. The lowest BCUT2D eigenvalue weighted by molar-refractivity contribution is -0.146. The van der Waals surface area contributed by atoms with Crippen LogP contribution in [0.1, 0.15) is 19.8 Å². The van der Waals surface area contributed by atoms with Gasteiger partial charge in [-0.15, -0.1) is 0 Å². The van der Waals surface area contributed by atoms with E-state index < -0.39 is 0 Å². The van der Waals surface area contributed by atoms with Crippen LogP contribution in [0.3, 0.4) is 0 Å². The molecule has 0 heterocycles. The number of esters is 1. The molecule has 0 radical (unpaired) electrons. The molecule has 6 nitrogen and oxygen atoms in total. The van der Waals surface area contributed by atoms with E-state index >= 15 is 0 Å². The Labute approximate surface area is 150 Å². The number of nitrogens with zero attached hydrogens (tertiary/aromatic N) is 2. The molecule has 1 atom stereocenters. The summed E-state index contributed by atoms with van der Waals surface area (Å²) in [6.07, 6.45) is 1.14. The standard InChI is InChI=1S/C19H30N2O4/c1-16(19(23)24-4)15-21(13-8-12-20(2)3)18(22)11-14-25-17-9-6-5-7-10-17/h5-7,9-10,16H,8,11-15H2,1-4H3. The summed E-state index contributed by atoms with van der Waals surface area (Å²) in [5.74, 6) is 0.0946. The number of hydrogen-bond donors (Lipinski definition) is 0. The van der Waals surface area contributed by atoms with Gasteiger partial charge >= 0.3 is 5.97 Å². The van der Waals surface area contributed by atoms with Gasteiger partial charge in [-0.2, -0.15) is 0 Å². The molecular weight excluding hydrogens is 320 g/mol. The van der Waals surface area contributed by atoms with Gasteiger partial charge in [-0.3, -0.25) is 9.59 Å². The Morgan fingerprint density at radius 1 is 1.12 bits per heavy atom. The molecule has 0 bridgehead atoms. The van der Waals surface area contributed by atoms with Gasteiger partial charge in [-0.25, -0.2) is 0 Å². The maximum absolute atomic E-state index is 12.5. The zero-order chi connectivity index (χ0) is 18.7. The highest BCUT2D eigenvalue weighted by molar-refractivity contribution is 5.78. The third-order valence-electron chi connectivity index (χ3n) is 3.81.